The van der Waals surface area contributed by atoms with Crippen molar-refractivity contribution in [3.05, 3.63) is 41.5 Å². The molecule has 2 atom stereocenters. The molecule has 1 aliphatic rings. The van der Waals surface area contributed by atoms with Gasteiger partial charge in [0.15, 0.2) is 17.6 Å². The molecule has 6 nitrogen and oxygen atoms in total. The van der Waals surface area contributed by atoms with E-state index in [0.717, 1.165) is 0 Å². The predicted molar refractivity (Wildman–Crippen MR) is 91.2 cm³/mol. The summed E-state index contributed by atoms with van der Waals surface area (Å²) in [6.07, 6.45) is -0.614. The predicted octanol–water partition coefficient (Wildman–Crippen LogP) is 3.37. The Morgan fingerprint density at radius 3 is 2.32 bits per heavy atom. The summed E-state index contributed by atoms with van der Waals surface area (Å²) in [5, 5.41) is 39.2. The first-order valence-corrected chi connectivity index (χ1v) is 8.05. The van der Waals surface area contributed by atoms with Gasteiger partial charge in [0.2, 0.25) is 0 Å². The second kappa shape index (κ2) is 6.04. The van der Waals surface area contributed by atoms with Crippen molar-refractivity contribution in [2.75, 3.05) is 0 Å². The molecular formula is C19H22O6. The molecule has 0 saturated heterocycles. The Labute approximate surface area is 145 Å². The quantitative estimate of drug-likeness (QED) is 0.622. The van der Waals surface area contributed by atoms with Gasteiger partial charge in [-0.15, -0.1) is 0 Å². The van der Waals surface area contributed by atoms with E-state index in [-0.39, 0.29) is 23.0 Å². The number of hydrogen-bond acceptors (Lipinski definition) is 6. The van der Waals surface area contributed by atoms with Crippen molar-refractivity contribution in [2.24, 2.45) is 0 Å². The number of benzene rings is 2. The average molecular weight is 346 g/mol. The molecule has 6 heteroatoms. The van der Waals surface area contributed by atoms with Crippen molar-refractivity contribution in [1.82, 2.24) is 0 Å². The van der Waals surface area contributed by atoms with Gasteiger partial charge >= 0.3 is 0 Å². The highest BCUT2D eigenvalue weighted by Gasteiger charge is 2.36. The molecule has 1 unspecified atom stereocenters. The minimum atomic E-state index is -0.570. The van der Waals surface area contributed by atoms with Crippen LogP contribution in [0.25, 0.3) is 0 Å². The minimum absolute atomic E-state index is 0.0514. The number of fused-ring (bicyclic) bond motifs is 1. The Kier molecular flexibility index (Phi) is 4.16. The number of ether oxygens (including phenoxy) is 2. The van der Waals surface area contributed by atoms with Crippen molar-refractivity contribution in [3.8, 4) is 28.7 Å². The maximum atomic E-state index is 10.1. The number of phenols is 4. The van der Waals surface area contributed by atoms with Crippen molar-refractivity contribution in [2.45, 2.75) is 45.0 Å². The number of hydrogen-bond donors (Lipinski definition) is 4. The number of phenolic OH excluding ortho intramolecular Hbond substituents is 4. The second-order valence-electron chi connectivity index (χ2n) is 7.20. The molecule has 0 aromatic heterocycles. The molecule has 134 valence electrons. The Bertz CT molecular complexity index is 793. The van der Waals surface area contributed by atoms with E-state index in [0.29, 0.717) is 23.3 Å². The van der Waals surface area contributed by atoms with Crippen LogP contribution in [0, 0.1) is 0 Å². The van der Waals surface area contributed by atoms with Crippen molar-refractivity contribution >= 4 is 0 Å². The maximum Gasteiger partial charge on any atom is 0.157 e. The van der Waals surface area contributed by atoms with Gasteiger partial charge in [0, 0.05) is 24.1 Å². The lowest BCUT2D eigenvalue weighted by Gasteiger charge is -2.37. The third kappa shape index (κ3) is 3.58. The van der Waals surface area contributed by atoms with Gasteiger partial charge in [-0.3, -0.25) is 0 Å². The summed E-state index contributed by atoms with van der Waals surface area (Å²) in [7, 11) is 0. The molecule has 0 radical (unpaired) electrons. The summed E-state index contributed by atoms with van der Waals surface area (Å²) < 4.78 is 12.1. The number of aromatic hydroxyl groups is 4. The average Bonchev–Trinajstić information content (AvgIpc) is 2.48. The van der Waals surface area contributed by atoms with Crippen LogP contribution in [0.15, 0.2) is 30.3 Å². The third-order valence-electron chi connectivity index (χ3n) is 4.00. The molecule has 0 saturated carbocycles. The molecule has 1 heterocycles. The van der Waals surface area contributed by atoms with E-state index in [4.69, 9.17) is 9.47 Å². The fourth-order valence-electron chi connectivity index (χ4n) is 3.01. The lowest BCUT2D eigenvalue weighted by molar-refractivity contribution is -0.111. The van der Waals surface area contributed by atoms with Crippen LogP contribution in [-0.2, 0) is 11.2 Å². The summed E-state index contributed by atoms with van der Waals surface area (Å²) in [6, 6.07) is 7.16. The smallest absolute Gasteiger partial charge is 0.157 e. The van der Waals surface area contributed by atoms with Gasteiger partial charge in [0.1, 0.15) is 23.4 Å². The van der Waals surface area contributed by atoms with Crippen LogP contribution < -0.4 is 4.74 Å². The highest BCUT2D eigenvalue weighted by molar-refractivity contribution is 5.52. The summed E-state index contributed by atoms with van der Waals surface area (Å²) in [4.78, 5) is 0. The molecule has 0 amide bonds. The first kappa shape index (κ1) is 17.2. The number of rotatable bonds is 2. The zero-order valence-corrected chi connectivity index (χ0v) is 14.4. The molecule has 2 aromatic carbocycles. The van der Waals surface area contributed by atoms with E-state index in [2.05, 4.69) is 0 Å². The van der Waals surface area contributed by atoms with E-state index >= 15 is 0 Å². The summed E-state index contributed by atoms with van der Waals surface area (Å²) in [5.74, 6) is -0.254. The van der Waals surface area contributed by atoms with Gasteiger partial charge in [0.05, 0.1) is 5.60 Å². The standard InChI is InChI=1S/C19H22O6/c1-19(2,3)25-17-9-12-14(22)7-11(20)8-16(12)24-18(17)10-4-5-13(21)15(23)6-10/h4-8,17-18,20-23H,9H2,1-3H3/t17-,18?/m1/s1. The Hall–Kier alpha value is -2.60. The van der Waals surface area contributed by atoms with E-state index in [1.54, 1.807) is 6.07 Å². The first-order valence-electron chi connectivity index (χ1n) is 8.05. The van der Waals surface area contributed by atoms with Crippen molar-refractivity contribution < 1.29 is 29.9 Å². The summed E-state index contributed by atoms with van der Waals surface area (Å²) >= 11 is 0. The zero-order chi connectivity index (χ0) is 18.4. The highest BCUT2D eigenvalue weighted by atomic mass is 16.6. The fourth-order valence-corrected chi connectivity index (χ4v) is 3.01. The van der Waals surface area contributed by atoms with Gasteiger partial charge in [-0.25, -0.2) is 0 Å². The molecule has 25 heavy (non-hydrogen) atoms. The fraction of sp³-hybridized carbons (Fsp3) is 0.368. The van der Waals surface area contributed by atoms with Gasteiger partial charge < -0.3 is 29.9 Å². The monoisotopic (exact) mass is 346 g/mol. The van der Waals surface area contributed by atoms with Crippen molar-refractivity contribution in [3.63, 3.8) is 0 Å². The Morgan fingerprint density at radius 1 is 0.960 bits per heavy atom. The molecule has 0 fully saturated rings. The van der Waals surface area contributed by atoms with Crippen LogP contribution in [0.3, 0.4) is 0 Å². The Balaban J connectivity index is 2.04. The van der Waals surface area contributed by atoms with Gasteiger partial charge in [0.25, 0.3) is 0 Å². The third-order valence-corrected chi connectivity index (χ3v) is 4.00. The summed E-state index contributed by atoms with van der Waals surface area (Å²) in [5.41, 5.74) is 0.735. The van der Waals surface area contributed by atoms with Crippen molar-refractivity contribution in [1.29, 1.82) is 0 Å². The van der Waals surface area contributed by atoms with Crippen LogP contribution in [0.1, 0.15) is 38.0 Å². The molecule has 3 rings (SSSR count). The van der Waals surface area contributed by atoms with E-state index in [1.165, 1.54) is 24.3 Å². The van der Waals surface area contributed by atoms with Crippen LogP contribution in [0.2, 0.25) is 0 Å². The molecule has 0 bridgehead atoms. The Morgan fingerprint density at radius 2 is 1.68 bits per heavy atom. The van der Waals surface area contributed by atoms with E-state index in [1.807, 2.05) is 20.8 Å². The lowest BCUT2D eigenvalue weighted by atomic mass is 9.93. The molecule has 2 aromatic rings. The van der Waals surface area contributed by atoms with E-state index in [9.17, 15) is 20.4 Å². The largest absolute Gasteiger partial charge is 0.508 e. The zero-order valence-electron chi connectivity index (χ0n) is 14.4. The highest BCUT2D eigenvalue weighted by Crippen LogP contribution is 2.44. The van der Waals surface area contributed by atoms with Crippen LogP contribution in [0.5, 0.6) is 28.7 Å². The minimum Gasteiger partial charge on any atom is -0.508 e. The second-order valence-corrected chi connectivity index (χ2v) is 7.20. The van der Waals surface area contributed by atoms with Crippen LogP contribution >= 0.6 is 0 Å². The molecule has 1 aliphatic heterocycles. The molecule has 0 aliphatic carbocycles. The van der Waals surface area contributed by atoms with Gasteiger partial charge in [-0.2, -0.15) is 0 Å². The topological polar surface area (TPSA) is 99.4 Å². The van der Waals surface area contributed by atoms with Gasteiger partial charge in [-0.1, -0.05) is 6.07 Å². The van der Waals surface area contributed by atoms with Crippen LogP contribution in [0.4, 0.5) is 0 Å². The lowest BCUT2D eigenvalue weighted by Crippen LogP contribution is -2.38. The van der Waals surface area contributed by atoms with E-state index < -0.39 is 17.8 Å². The maximum absolute atomic E-state index is 10.1. The normalized spacial score (nSPS) is 20.0. The van der Waals surface area contributed by atoms with Crippen LogP contribution in [-0.4, -0.2) is 32.1 Å². The first-order chi connectivity index (χ1) is 11.6. The SMILES string of the molecule is CC(C)(C)O[C@@H]1Cc2c(O)cc(O)cc2OC1c1ccc(O)c(O)c1. The molecule has 4 N–H and O–H groups in total. The van der Waals surface area contributed by atoms with Gasteiger partial charge in [-0.05, 0) is 38.5 Å². The molecular weight excluding hydrogens is 324 g/mol. The summed E-state index contributed by atoms with van der Waals surface area (Å²) in [6.45, 7) is 5.76. The molecule has 0 spiro atoms.